The average Bonchev–Trinajstić information content (AvgIpc) is 2.95. The van der Waals surface area contributed by atoms with E-state index in [0.717, 1.165) is 51.7 Å². The Bertz CT molecular complexity index is 570. The number of ether oxygens (including phenoxy) is 1. The second-order valence-corrected chi connectivity index (χ2v) is 6.89. The molecule has 0 aliphatic carbocycles. The number of para-hydroxylation sites is 1. The van der Waals surface area contributed by atoms with Gasteiger partial charge in [-0.2, -0.15) is 0 Å². The Labute approximate surface area is 139 Å². The fraction of sp³-hybridized carbons (Fsp3) is 0.611. The molecule has 0 atom stereocenters. The molecule has 126 valence electrons. The third kappa shape index (κ3) is 3.85. The molecule has 1 aromatic carbocycles. The summed E-state index contributed by atoms with van der Waals surface area (Å²) in [4.78, 5) is 9.22. The molecule has 0 bridgehead atoms. The Balaban J connectivity index is 1.53. The van der Waals surface area contributed by atoms with E-state index in [1.807, 2.05) is 7.05 Å². The number of guanidine groups is 1. The van der Waals surface area contributed by atoms with E-state index in [0.29, 0.717) is 0 Å². The number of benzene rings is 1. The lowest BCUT2D eigenvalue weighted by Gasteiger charge is -2.38. The first kappa shape index (κ1) is 16.3. The number of hydrogen-bond donors (Lipinski definition) is 1. The van der Waals surface area contributed by atoms with Crippen molar-refractivity contribution in [3.63, 3.8) is 0 Å². The highest BCUT2D eigenvalue weighted by molar-refractivity contribution is 5.97. The average molecular weight is 316 g/mol. The molecule has 0 amide bonds. The molecule has 5 heteroatoms. The van der Waals surface area contributed by atoms with E-state index in [4.69, 9.17) is 4.74 Å². The van der Waals surface area contributed by atoms with Gasteiger partial charge in [-0.1, -0.05) is 18.2 Å². The summed E-state index contributed by atoms with van der Waals surface area (Å²) in [5, 5.41) is 3.52. The summed E-state index contributed by atoms with van der Waals surface area (Å²) >= 11 is 0. The van der Waals surface area contributed by atoms with E-state index >= 15 is 0 Å². The number of rotatable bonds is 3. The van der Waals surface area contributed by atoms with Crippen LogP contribution in [-0.4, -0.2) is 62.8 Å². The molecule has 0 unspecified atom stereocenters. The standard InChI is InChI=1S/C18H28N4O/c1-18(2)14-21(12-13-23-18)11-9-20-17(19-3)22-10-8-15-6-4-5-7-16(15)22/h4-7H,8-14H2,1-3H3,(H,19,20). The summed E-state index contributed by atoms with van der Waals surface area (Å²) in [5.74, 6) is 0.975. The topological polar surface area (TPSA) is 40.1 Å². The second-order valence-electron chi connectivity index (χ2n) is 6.89. The Hall–Kier alpha value is -1.59. The van der Waals surface area contributed by atoms with Gasteiger partial charge in [-0.15, -0.1) is 0 Å². The molecule has 2 aliphatic heterocycles. The van der Waals surface area contributed by atoms with Gasteiger partial charge in [0.15, 0.2) is 5.96 Å². The maximum Gasteiger partial charge on any atom is 0.198 e. The van der Waals surface area contributed by atoms with Crippen LogP contribution in [-0.2, 0) is 11.2 Å². The smallest absolute Gasteiger partial charge is 0.198 e. The molecule has 0 spiro atoms. The van der Waals surface area contributed by atoms with E-state index in [9.17, 15) is 0 Å². The molecule has 5 nitrogen and oxygen atoms in total. The molecular weight excluding hydrogens is 288 g/mol. The van der Waals surface area contributed by atoms with Crippen LogP contribution in [0.3, 0.4) is 0 Å². The first-order chi connectivity index (χ1) is 11.1. The van der Waals surface area contributed by atoms with Gasteiger partial charge < -0.3 is 15.0 Å². The maximum absolute atomic E-state index is 5.77. The van der Waals surface area contributed by atoms with Crippen LogP contribution in [0.15, 0.2) is 29.3 Å². The number of nitrogens with zero attached hydrogens (tertiary/aromatic N) is 3. The molecule has 23 heavy (non-hydrogen) atoms. The minimum Gasteiger partial charge on any atom is -0.373 e. The SMILES string of the molecule is CN=C(NCCN1CCOC(C)(C)C1)N1CCc2ccccc21. The van der Waals surface area contributed by atoms with Crippen LogP contribution in [0.4, 0.5) is 5.69 Å². The molecule has 1 fully saturated rings. The van der Waals surface area contributed by atoms with Crippen molar-refractivity contribution >= 4 is 11.6 Å². The van der Waals surface area contributed by atoms with Gasteiger partial charge in [0, 0.05) is 45.5 Å². The first-order valence-electron chi connectivity index (χ1n) is 8.51. The van der Waals surface area contributed by atoms with Gasteiger partial charge in [0.2, 0.25) is 0 Å². The molecule has 3 rings (SSSR count). The van der Waals surface area contributed by atoms with Crippen molar-refractivity contribution in [1.29, 1.82) is 0 Å². The highest BCUT2D eigenvalue weighted by Crippen LogP contribution is 2.27. The Morgan fingerprint density at radius 1 is 1.30 bits per heavy atom. The third-order valence-electron chi connectivity index (χ3n) is 4.57. The van der Waals surface area contributed by atoms with Crippen LogP contribution in [0.1, 0.15) is 19.4 Å². The van der Waals surface area contributed by atoms with Gasteiger partial charge in [0.1, 0.15) is 0 Å². The highest BCUT2D eigenvalue weighted by Gasteiger charge is 2.27. The monoisotopic (exact) mass is 316 g/mol. The minimum absolute atomic E-state index is 0.0339. The van der Waals surface area contributed by atoms with Gasteiger partial charge in [-0.25, -0.2) is 0 Å². The van der Waals surface area contributed by atoms with Gasteiger partial charge in [0.25, 0.3) is 0 Å². The normalized spacial score (nSPS) is 21.3. The second kappa shape index (κ2) is 6.89. The Kier molecular flexibility index (Phi) is 4.87. The summed E-state index contributed by atoms with van der Waals surface area (Å²) in [6.07, 6.45) is 1.09. The number of morpholine rings is 1. The van der Waals surface area contributed by atoms with Crippen LogP contribution >= 0.6 is 0 Å². The zero-order valence-corrected chi connectivity index (χ0v) is 14.5. The molecule has 0 aromatic heterocycles. The number of aliphatic imine (C=N–C) groups is 1. The zero-order chi connectivity index (χ0) is 16.3. The predicted molar refractivity (Wildman–Crippen MR) is 95.3 cm³/mol. The number of anilines is 1. The predicted octanol–water partition coefficient (Wildman–Crippen LogP) is 1.74. The van der Waals surface area contributed by atoms with Crippen molar-refractivity contribution in [2.24, 2.45) is 4.99 Å². The number of fused-ring (bicyclic) bond motifs is 1. The van der Waals surface area contributed by atoms with E-state index in [2.05, 4.69) is 58.2 Å². The highest BCUT2D eigenvalue weighted by atomic mass is 16.5. The summed E-state index contributed by atoms with van der Waals surface area (Å²) < 4.78 is 5.77. The maximum atomic E-state index is 5.77. The van der Waals surface area contributed by atoms with E-state index < -0.39 is 0 Å². The zero-order valence-electron chi connectivity index (χ0n) is 14.5. The number of nitrogens with one attached hydrogen (secondary N) is 1. The van der Waals surface area contributed by atoms with Crippen molar-refractivity contribution in [3.8, 4) is 0 Å². The van der Waals surface area contributed by atoms with Crippen molar-refractivity contribution < 1.29 is 4.74 Å². The van der Waals surface area contributed by atoms with Crippen molar-refractivity contribution in [2.45, 2.75) is 25.9 Å². The minimum atomic E-state index is -0.0339. The van der Waals surface area contributed by atoms with Crippen molar-refractivity contribution in [3.05, 3.63) is 29.8 Å². The van der Waals surface area contributed by atoms with Crippen LogP contribution < -0.4 is 10.2 Å². The largest absolute Gasteiger partial charge is 0.373 e. The molecule has 1 aromatic rings. The summed E-state index contributed by atoms with van der Waals surface area (Å²) in [7, 11) is 1.86. The lowest BCUT2D eigenvalue weighted by Crippen LogP contribution is -2.51. The molecule has 0 saturated carbocycles. The summed E-state index contributed by atoms with van der Waals surface area (Å²) in [5.41, 5.74) is 2.66. The fourth-order valence-electron chi connectivity index (χ4n) is 3.48. The van der Waals surface area contributed by atoms with E-state index in [1.54, 1.807) is 0 Å². The van der Waals surface area contributed by atoms with E-state index in [1.165, 1.54) is 11.3 Å². The molecule has 2 aliphatic rings. The Morgan fingerprint density at radius 3 is 2.91 bits per heavy atom. The van der Waals surface area contributed by atoms with E-state index in [-0.39, 0.29) is 5.60 Å². The molecule has 0 radical (unpaired) electrons. The quantitative estimate of drug-likeness (QED) is 0.681. The van der Waals surface area contributed by atoms with Gasteiger partial charge >= 0.3 is 0 Å². The summed E-state index contributed by atoms with van der Waals surface area (Å²) in [6, 6.07) is 8.59. The van der Waals surface area contributed by atoms with Gasteiger partial charge in [-0.05, 0) is 31.9 Å². The first-order valence-corrected chi connectivity index (χ1v) is 8.51. The van der Waals surface area contributed by atoms with Crippen molar-refractivity contribution in [1.82, 2.24) is 10.2 Å². The Morgan fingerprint density at radius 2 is 2.13 bits per heavy atom. The fourth-order valence-corrected chi connectivity index (χ4v) is 3.48. The molecule has 1 N–H and O–H groups in total. The van der Waals surface area contributed by atoms with Crippen LogP contribution in [0.5, 0.6) is 0 Å². The summed E-state index contributed by atoms with van der Waals surface area (Å²) in [6.45, 7) is 10.1. The van der Waals surface area contributed by atoms with Crippen LogP contribution in [0, 0.1) is 0 Å². The van der Waals surface area contributed by atoms with Crippen molar-refractivity contribution in [2.75, 3.05) is 51.3 Å². The lowest BCUT2D eigenvalue weighted by atomic mass is 10.1. The van der Waals surface area contributed by atoms with Gasteiger partial charge in [0.05, 0.1) is 12.2 Å². The third-order valence-corrected chi connectivity index (χ3v) is 4.57. The molecule has 1 saturated heterocycles. The molecular formula is C18H28N4O. The van der Waals surface area contributed by atoms with Crippen LogP contribution in [0.25, 0.3) is 0 Å². The van der Waals surface area contributed by atoms with Gasteiger partial charge in [-0.3, -0.25) is 9.89 Å². The van der Waals surface area contributed by atoms with Crippen LogP contribution in [0.2, 0.25) is 0 Å². The number of hydrogen-bond acceptors (Lipinski definition) is 3. The molecule has 2 heterocycles. The lowest BCUT2D eigenvalue weighted by molar-refractivity contribution is -0.0852.